The number of benzene rings is 2. The number of amides is 1. The molecule has 2 aliphatic rings. The van der Waals surface area contributed by atoms with Crippen molar-refractivity contribution in [3.05, 3.63) is 88.7 Å². The fraction of sp³-hybridized carbons (Fsp3) is 0.125. The van der Waals surface area contributed by atoms with Crippen LogP contribution in [0, 0.1) is 0 Å². The highest BCUT2D eigenvalue weighted by Crippen LogP contribution is 2.43. The number of hydrogen-bond donors (Lipinski definition) is 1. The number of aliphatic hydroxyl groups is 1. The number of anilines is 1. The summed E-state index contributed by atoms with van der Waals surface area (Å²) < 4.78 is 11.1. The number of aliphatic hydroxyl groups excluding tert-OH is 1. The van der Waals surface area contributed by atoms with Crippen LogP contribution in [0.3, 0.4) is 0 Å². The fourth-order valence-electron chi connectivity index (χ4n) is 3.89. The van der Waals surface area contributed by atoms with Crippen LogP contribution in [0.1, 0.15) is 17.3 Å². The number of aromatic nitrogens is 1. The molecule has 2 aromatic carbocycles. The Labute approximate surface area is 188 Å². The Morgan fingerprint density at radius 2 is 1.81 bits per heavy atom. The Bertz CT molecular complexity index is 1260. The number of ketones is 1. The summed E-state index contributed by atoms with van der Waals surface area (Å²) >= 11 is 6.14. The standard InChI is InChI=1S/C24H17ClN2O5/c25-15-4-3-5-16(13-15)27-21(17-6-1-2-9-26-17)20(23(29)24(27)30)22(28)14-7-8-18-19(12-14)32-11-10-31-18/h1-9,12-13,21,28H,10-11H2/b22-20-. The maximum absolute atomic E-state index is 13.1. The third-order valence-corrected chi connectivity index (χ3v) is 5.55. The van der Waals surface area contributed by atoms with Crippen LogP contribution in [-0.2, 0) is 9.59 Å². The Morgan fingerprint density at radius 1 is 1.00 bits per heavy atom. The van der Waals surface area contributed by atoms with Gasteiger partial charge in [-0.1, -0.05) is 23.7 Å². The molecule has 5 rings (SSSR count). The van der Waals surface area contributed by atoms with Crippen LogP contribution in [-0.4, -0.2) is 35.0 Å². The van der Waals surface area contributed by atoms with Gasteiger partial charge in [0.1, 0.15) is 25.0 Å². The van der Waals surface area contributed by atoms with Gasteiger partial charge in [-0.15, -0.1) is 0 Å². The first-order valence-electron chi connectivity index (χ1n) is 9.92. The van der Waals surface area contributed by atoms with Crippen LogP contribution in [0.5, 0.6) is 11.5 Å². The van der Waals surface area contributed by atoms with E-state index in [0.717, 1.165) is 0 Å². The molecule has 1 atom stereocenters. The number of nitrogens with zero attached hydrogens (tertiary/aromatic N) is 2. The van der Waals surface area contributed by atoms with Gasteiger partial charge in [0.25, 0.3) is 11.7 Å². The van der Waals surface area contributed by atoms with Crippen LogP contribution >= 0.6 is 11.6 Å². The van der Waals surface area contributed by atoms with E-state index in [0.29, 0.717) is 46.7 Å². The zero-order valence-electron chi connectivity index (χ0n) is 16.7. The van der Waals surface area contributed by atoms with Crippen molar-refractivity contribution in [2.24, 2.45) is 0 Å². The fourth-order valence-corrected chi connectivity index (χ4v) is 4.07. The smallest absolute Gasteiger partial charge is 0.300 e. The molecule has 3 heterocycles. The molecule has 2 aliphatic heterocycles. The van der Waals surface area contributed by atoms with Crippen molar-refractivity contribution in [1.82, 2.24) is 4.98 Å². The van der Waals surface area contributed by atoms with E-state index in [9.17, 15) is 14.7 Å². The van der Waals surface area contributed by atoms with Gasteiger partial charge in [0, 0.05) is 22.5 Å². The number of hydrogen-bond acceptors (Lipinski definition) is 6. The van der Waals surface area contributed by atoms with E-state index >= 15 is 0 Å². The monoisotopic (exact) mass is 448 g/mol. The third kappa shape index (κ3) is 3.36. The third-order valence-electron chi connectivity index (χ3n) is 5.31. The van der Waals surface area contributed by atoms with Gasteiger partial charge in [0.05, 0.1) is 11.3 Å². The number of pyridine rings is 1. The van der Waals surface area contributed by atoms with Crippen molar-refractivity contribution in [2.75, 3.05) is 18.1 Å². The van der Waals surface area contributed by atoms with E-state index < -0.39 is 17.7 Å². The first-order valence-corrected chi connectivity index (χ1v) is 10.3. The topological polar surface area (TPSA) is 89.0 Å². The first kappa shape index (κ1) is 20.1. The van der Waals surface area contributed by atoms with Crippen molar-refractivity contribution in [3.8, 4) is 11.5 Å². The molecule has 160 valence electrons. The molecule has 0 radical (unpaired) electrons. The Morgan fingerprint density at radius 3 is 2.56 bits per heavy atom. The quantitative estimate of drug-likeness (QED) is 0.368. The zero-order chi connectivity index (χ0) is 22.2. The average Bonchev–Trinajstić information content (AvgIpc) is 3.09. The lowest BCUT2D eigenvalue weighted by molar-refractivity contribution is -0.132. The van der Waals surface area contributed by atoms with Crippen LogP contribution in [0.4, 0.5) is 5.69 Å². The maximum Gasteiger partial charge on any atom is 0.300 e. The number of carbonyl (C=O) groups is 2. The molecule has 1 fully saturated rings. The molecule has 8 heteroatoms. The SMILES string of the molecule is O=C1C(=O)N(c2cccc(Cl)c2)C(c2ccccn2)/C1=C(/O)c1ccc2c(c1)OCCO2. The number of rotatable bonds is 3. The summed E-state index contributed by atoms with van der Waals surface area (Å²) in [5, 5.41) is 11.6. The predicted octanol–water partition coefficient (Wildman–Crippen LogP) is 4.13. The number of ether oxygens (including phenoxy) is 2. The van der Waals surface area contributed by atoms with Gasteiger partial charge in [-0.2, -0.15) is 0 Å². The second-order valence-corrected chi connectivity index (χ2v) is 7.70. The molecule has 32 heavy (non-hydrogen) atoms. The van der Waals surface area contributed by atoms with E-state index in [1.807, 2.05) is 0 Å². The highest BCUT2D eigenvalue weighted by molar-refractivity contribution is 6.51. The van der Waals surface area contributed by atoms with Crippen LogP contribution in [0.15, 0.2) is 72.4 Å². The molecule has 0 spiro atoms. The number of Topliss-reactive ketones (excluding diaryl/α,β-unsaturated/α-hetero) is 1. The summed E-state index contributed by atoms with van der Waals surface area (Å²) in [5.74, 6) is -0.900. The van der Waals surface area contributed by atoms with Gasteiger partial charge in [0.2, 0.25) is 0 Å². The summed E-state index contributed by atoms with van der Waals surface area (Å²) in [6, 6.07) is 15.8. The Balaban J connectivity index is 1.69. The second kappa shape index (κ2) is 8.01. The molecule has 1 unspecified atom stereocenters. The molecule has 3 aromatic rings. The lowest BCUT2D eigenvalue weighted by atomic mass is 9.98. The molecular formula is C24H17ClN2O5. The minimum atomic E-state index is -0.928. The minimum absolute atomic E-state index is 0.0645. The summed E-state index contributed by atoms with van der Waals surface area (Å²) in [4.78, 5) is 31.9. The molecule has 7 nitrogen and oxygen atoms in total. The predicted molar refractivity (Wildman–Crippen MR) is 118 cm³/mol. The number of fused-ring (bicyclic) bond motifs is 1. The van der Waals surface area contributed by atoms with Crippen molar-refractivity contribution >= 4 is 34.7 Å². The molecule has 0 aliphatic carbocycles. The molecule has 1 saturated heterocycles. The van der Waals surface area contributed by atoms with Crippen molar-refractivity contribution in [1.29, 1.82) is 0 Å². The van der Waals surface area contributed by atoms with Crippen molar-refractivity contribution < 1.29 is 24.2 Å². The van der Waals surface area contributed by atoms with E-state index in [2.05, 4.69) is 4.98 Å². The van der Waals surface area contributed by atoms with Gasteiger partial charge in [-0.3, -0.25) is 19.5 Å². The van der Waals surface area contributed by atoms with E-state index in [-0.39, 0.29) is 11.3 Å². The number of halogens is 1. The summed E-state index contributed by atoms with van der Waals surface area (Å²) in [5.41, 5.74) is 1.13. The lowest BCUT2D eigenvalue weighted by Crippen LogP contribution is -2.29. The van der Waals surface area contributed by atoms with Crippen molar-refractivity contribution in [3.63, 3.8) is 0 Å². The lowest BCUT2D eigenvalue weighted by Gasteiger charge is -2.25. The van der Waals surface area contributed by atoms with E-state index in [1.165, 1.54) is 4.90 Å². The molecule has 1 amide bonds. The van der Waals surface area contributed by atoms with Gasteiger partial charge in [-0.25, -0.2) is 0 Å². The Hall–Kier alpha value is -3.84. The number of carbonyl (C=O) groups excluding carboxylic acids is 2. The first-order chi connectivity index (χ1) is 15.5. The van der Waals surface area contributed by atoms with Gasteiger partial charge < -0.3 is 14.6 Å². The summed E-state index contributed by atoms with van der Waals surface area (Å²) in [6.07, 6.45) is 1.57. The molecule has 0 saturated carbocycles. The van der Waals surface area contributed by atoms with Crippen LogP contribution in [0.25, 0.3) is 5.76 Å². The highest BCUT2D eigenvalue weighted by atomic mass is 35.5. The van der Waals surface area contributed by atoms with E-state index in [1.54, 1.807) is 66.9 Å². The summed E-state index contributed by atoms with van der Waals surface area (Å²) in [7, 11) is 0. The minimum Gasteiger partial charge on any atom is -0.507 e. The molecule has 1 N–H and O–H groups in total. The van der Waals surface area contributed by atoms with Gasteiger partial charge >= 0.3 is 0 Å². The van der Waals surface area contributed by atoms with Crippen LogP contribution < -0.4 is 14.4 Å². The van der Waals surface area contributed by atoms with Crippen LogP contribution in [0.2, 0.25) is 5.02 Å². The second-order valence-electron chi connectivity index (χ2n) is 7.26. The molecule has 1 aromatic heterocycles. The van der Waals surface area contributed by atoms with Crippen molar-refractivity contribution in [2.45, 2.75) is 6.04 Å². The van der Waals surface area contributed by atoms with E-state index in [4.69, 9.17) is 21.1 Å². The van der Waals surface area contributed by atoms with Gasteiger partial charge in [-0.05, 0) is 48.5 Å². The largest absolute Gasteiger partial charge is 0.507 e. The Kier molecular flexibility index (Phi) is 5.03. The highest BCUT2D eigenvalue weighted by Gasteiger charge is 2.47. The normalized spacial score (nSPS) is 19.3. The van der Waals surface area contributed by atoms with Gasteiger partial charge in [0.15, 0.2) is 11.5 Å². The summed E-state index contributed by atoms with van der Waals surface area (Å²) in [6.45, 7) is 0.813. The zero-order valence-corrected chi connectivity index (χ0v) is 17.5. The average molecular weight is 449 g/mol. The molecular weight excluding hydrogens is 432 g/mol. The molecule has 0 bridgehead atoms. The maximum atomic E-state index is 13.1.